The van der Waals surface area contributed by atoms with Crippen molar-refractivity contribution in [3.05, 3.63) is 53.5 Å². The van der Waals surface area contributed by atoms with Crippen LogP contribution in [-0.2, 0) is 11.2 Å². The topological polar surface area (TPSA) is 73.3 Å². The molecule has 3 rings (SSSR count). The number of carbonyl (C=O) groups is 1. The summed E-state index contributed by atoms with van der Waals surface area (Å²) in [7, 11) is 3.14. The molecular weight excluding hydrogens is 338 g/mol. The van der Waals surface area contributed by atoms with Gasteiger partial charge in [0.25, 0.3) is 0 Å². The molecular formula is C18H17N3O3S. The van der Waals surface area contributed by atoms with Crippen molar-refractivity contribution in [3.63, 3.8) is 0 Å². The Kier molecular flexibility index (Phi) is 5.25. The zero-order valence-corrected chi connectivity index (χ0v) is 14.7. The standard InChI is InChI=1S/C18H17N3O3S/c1-23-15-7-6-12(9-16(15)24-2)10-17(22)21-18-20-14(11-25-18)13-5-3-4-8-19-13/h3-9,11H,10H2,1-2H3,(H,20,21,22). The fourth-order valence-corrected chi connectivity index (χ4v) is 3.02. The second kappa shape index (κ2) is 7.76. The molecule has 0 fully saturated rings. The Labute approximate surface area is 149 Å². The Hall–Kier alpha value is -2.93. The highest BCUT2D eigenvalue weighted by molar-refractivity contribution is 7.14. The molecule has 1 aromatic carbocycles. The van der Waals surface area contributed by atoms with E-state index in [0.717, 1.165) is 17.0 Å². The lowest BCUT2D eigenvalue weighted by Gasteiger charge is -2.09. The van der Waals surface area contributed by atoms with E-state index in [2.05, 4.69) is 15.3 Å². The summed E-state index contributed by atoms with van der Waals surface area (Å²) in [6.45, 7) is 0. The molecule has 0 saturated heterocycles. The molecule has 0 atom stereocenters. The summed E-state index contributed by atoms with van der Waals surface area (Å²) in [5, 5.41) is 5.23. The molecule has 0 aliphatic carbocycles. The molecule has 0 aliphatic heterocycles. The van der Waals surface area contributed by atoms with E-state index < -0.39 is 0 Å². The minimum Gasteiger partial charge on any atom is -0.493 e. The third-order valence-electron chi connectivity index (χ3n) is 3.49. The summed E-state index contributed by atoms with van der Waals surface area (Å²) in [6, 6.07) is 11.0. The van der Waals surface area contributed by atoms with Crippen molar-refractivity contribution in [2.45, 2.75) is 6.42 Å². The van der Waals surface area contributed by atoms with E-state index in [1.807, 2.05) is 29.6 Å². The number of nitrogens with zero attached hydrogens (tertiary/aromatic N) is 2. The molecule has 1 N–H and O–H groups in total. The maximum Gasteiger partial charge on any atom is 0.230 e. The lowest BCUT2D eigenvalue weighted by atomic mass is 10.1. The van der Waals surface area contributed by atoms with Gasteiger partial charge in [-0.2, -0.15) is 0 Å². The van der Waals surface area contributed by atoms with Crippen molar-refractivity contribution in [1.29, 1.82) is 0 Å². The van der Waals surface area contributed by atoms with Crippen LogP contribution in [0.15, 0.2) is 48.0 Å². The first kappa shape index (κ1) is 16.9. The smallest absolute Gasteiger partial charge is 0.230 e. The lowest BCUT2D eigenvalue weighted by molar-refractivity contribution is -0.115. The number of rotatable bonds is 6. The molecule has 2 aromatic heterocycles. The van der Waals surface area contributed by atoms with Gasteiger partial charge in [-0.25, -0.2) is 4.98 Å². The number of anilines is 1. The maximum absolute atomic E-state index is 12.2. The average molecular weight is 355 g/mol. The number of nitrogens with one attached hydrogen (secondary N) is 1. The number of hydrogen-bond acceptors (Lipinski definition) is 6. The summed E-state index contributed by atoms with van der Waals surface area (Å²) >= 11 is 1.37. The molecule has 3 aromatic rings. The zero-order valence-electron chi connectivity index (χ0n) is 13.9. The minimum absolute atomic E-state index is 0.144. The SMILES string of the molecule is COc1ccc(CC(=O)Nc2nc(-c3ccccn3)cs2)cc1OC. The number of aromatic nitrogens is 2. The number of thiazole rings is 1. The largest absolute Gasteiger partial charge is 0.493 e. The normalized spacial score (nSPS) is 10.3. The highest BCUT2D eigenvalue weighted by Gasteiger charge is 2.11. The van der Waals surface area contributed by atoms with Gasteiger partial charge in [-0.3, -0.25) is 9.78 Å². The third kappa shape index (κ3) is 4.13. The van der Waals surface area contributed by atoms with Crippen LogP contribution >= 0.6 is 11.3 Å². The van der Waals surface area contributed by atoms with Crippen molar-refractivity contribution >= 4 is 22.4 Å². The fraction of sp³-hybridized carbons (Fsp3) is 0.167. The van der Waals surface area contributed by atoms with E-state index in [1.54, 1.807) is 32.5 Å². The van der Waals surface area contributed by atoms with Gasteiger partial charge < -0.3 is 14.8 Å². The first-order valence-electron chi connectivity index (χ1n) is 7.57. The van der Waals surface area contributed by atoms with Gasteiger partial charge in [0.15, 0.2) is 16.6 Å². The predicted molar refractivity (Wildman–Crippen MR) is 97.2 cm³/mol. The summed E-state index contributed by atoms with van der Waals surface area (Å²) in [5.41, 5.74) is 2.35. The third-order valence-corrected chi connectivity index (χ3v) is 4.25. The van der Waals surface area contributed by atoms with Crippen LogP contribution in [0.1, 0.15) is 5.56 Å². The van der Waals surface area contributed by atoms with Crippen molar-refractivity contribution in [2.75, 3.05) is 19.5 Å². The molecule has 0 aliphatic rings. The van der Waals surface area contributed by atoms with E-state index in [4.69, 9.17) is 9.47 Å². The highest BCUT2D eigenvalue weighted by atomic mass is 32.1. The van der Waals surface area contributed by atoms with Gasteiger partial charge in [0.2, 0.25) is 5.91 Å². The molecule has 1 amide bonds. The number of pyridine rings is 1. The Bertz CT molecular complexity index is 865. The fourth-order valence-electron chi connectivity index (χ4n) is 2.30. The second-order valence-corrected chi connectivity index (χ2v) is 6.03. The summed E-state index contributed by atoms with van der Waals surface area (Å²) in [4.78, 5) is 20.9. The number of amides is 1. The van der Waals surface area contributed by atoms with Crippen molar-refractivity contribution < 1.29 is 14.3 Å². The van der Waals surface area contributed by atoms with Gasteiger partial charge in [0.1, 0.15) is 5.69 Å². The number of ether oxygens (including phenoxy) is 2. The van der Waals surface area contributed by atoms with E-state index in [-0.39, 0.29) is 12.3 Å². The Morgan fingerprint density at radius 2 is 1.96 bits per heavy atom. The molecule has 0 saturated carbocycles. The van der Waals surface area contributed by atoms with Crippen LogP contribution in [0.3, 0.4) is 0 Å². The lowest BCUT2D eigenvalue weighted by Crippen LogP contribution is -2.14. The first-order valence-corrected chi connectivity index (χ1v) is 8.45. The highest BCUT2D eigenvalue weighted by Crippen LogP contribution is 2.28. The quantitative estimate of drug-likeness (QED) is 0.733. The predicted octanol–water partition coefficient (Wildman–Crippen LogP) is 3.40. The maximum atomic E-state index is 12.2. The monoisotopic (exact) mass is 355 g/mol. The Morgan fingerprint density at radius 3 is 2.68 bits per heavy atom. The summed E-state index contributed by atoms with van der Waals surface area (Å²) in [5.74, 6) is 1.08. The van der Waals surface area contributed by atoms with E-state index in [9.17, 15) is 4.79 Å². The van der Waals surface area contributed by atoms with Gasteiger partial charge in [-0.15, -0.1) is 11.3 Å². The molecule has 6 nitrogen and oxygen atoms in total. The number of hydrogen-bond donors (Lipinski definition) is 1. The van der Waals surface area contributed by atoms with Crippen LogP contribution in [0.2, 0.25) is 0 Å². The summed E-state index contributed by atoms with van der Waals surface area (Å²) < 4.78 is 10.5. The van der Waals surface area contributed by atoms with Gasteiger partial charge in [0.05, 0.1) is 26.3 Å². The number of methoxy groups -OCH3 is 2. The van der Waals surface area contributed by atoms with E-state index in [0.29, 0.717) is 16.6 Å². The molecule has 0 unspecified atom stereocenters. The zero-order chi connectivity index (χ0) is 17.6. The van der Waals surface area contributed by atoms with Crippen LogP contribution in [0.4, 0.5) is 5.13 Å². The molecule has 7 heteroatoms. The molecule has 0 spiro atoms. The molecule has 0 radical (unpaired) electrons. The number of carbonyl (C=O) groups excluding carboxylic acids is 1. The Morgan fingerprint density at radius 1 is 1.12 bits per heavy atom. The molecule has 0 bridgehead atoms. The van der Waals surface area contributed by atoms with Gasteiger partial charge in [0, 0.05) is 11.6 Å². The van der Waals surface area contributed by atoms with Crippen molar-refractivity contribution in [3.8, 4) is 22.9 Å². The van der Waals surface area contributed by atoms with Crippen LogP contribution in [-0.4, -0.2) is 30.1 Å². The van der Waals surface area contributed by atoms with Gasteiger partial charge in [-0.05, 0) is 29.8 Å². The van der Waals surface area contributed by atoms with Gasteiger partial charge >= 0.3 is 0 Å². The summed E-state index contributed by atoms with van der Waals surface area (Å²) in [6.07, 6.45) is 1.93. The molecule has 128 valence electrons. The minimum atomic E-state index is -0.144. The van der Waals surface area contributed by atoms with Crippen LogP contribution in [0, 0.1) is 0 Å². The van der Waals surface area contributed by atoms with Crippen LogP contribution in [0.5, 0.6) is 11.5 Å². The van der Waals surface area contributed by atoms with Gasteiger partial charge in [-0.1, -0.05) is 12.1 Å². The molecule has 25 heavy (non-hydrogen) atoms. The van der Waals surface area contributed by atoms with E-state index in [1.165, 1.54) is 11.3 Å². The van der Waals surface area contributed by atoms with Crippen LogP contribution < -0.4 is 14.8 Å². The molecule has 2 heterocycles. The van der Waals surface area contributed by atoms with Crippen molar-refractivity contribution in [2.24, 2.45) is 0 Å². The van der Waals surface area contributed by atoms with Crippen LogP contribution in [0.25, 0.3) is 11.4 Å². The Balaban J connectivity index is 1.66. The second-order valence-electron chi connectivity index (χ2n) is 5.17. The van der Waals surface area contributed by atoms with E-state index >= 15 is 0 Å². The van der Waals surface area contributed by atoms with Crippen molar-refractivity contribution in [1.82, 2.24) is 9.97 Å². The average Bonchev–Trinajstić information content (AvgIpc) is 3.10. The number of benzene rings is 1. The first-order chi connectivity index (χ1) is 12.2.